The smallest absolute Gasteiger partial charge is 0.236 e. The van der Waals surface area contributed by atoms with Crippen LogP contribution in [0.5, 0.6) is 0 Å². The van der Waals surface area contributed by atoms with Gasteiger partial charge >= 0.3 is 0 Å². The molecule has 0 unspecified atom stereocenters. The maximum absolute atomic E-state index is 12.2. The van der Waals surface area contributed by atoms with E-state index in [2.05, 4.69) is 31.0 Å². The number of carbonyl (C=O) groups is 1. The Bertz CT molecular complexity index is 491. The lowest BCUT2D eigenvalue weighted by Gasteiger charge is -2.37. The van der Waals surface area contributed by atoms with Crippen LogP contribution in [-0.4, -0.2) is 49.1 Å². The molecule has 0 radical (unpaired) electrons. The van der Waals surface area contributed by atoms with Crippen LogP contribution in [0.4, 0.5) is 5.69 Å². The summed E-state index contributed by atoms with van der Waals surface area (Å²) in [5, 5.41) is 4.02. The van der Waals surface area contributed by atoms with Crippen LogP contribution in [-0.2, 0) is 4.79 Å². The summed E-state index contributed by atoms with van der Waals surface area (Å²) >= 11 is 6.22. The zero-order valence-electron chi connectivity index (χ0n) is 13.0. The van der Waals surface area contributed by atoms with Crippen LogP contribution in [0.15, 0.2) is 24.3 Å². The quantitative estimate of drug-likeness (QED) is 0.931. The fourth-order valence-corrected chi connectivity index (χ4v) is 2.61. The van der Waals surface area contributed by atoms with Crippen molar-refractivity contribution in [2.45, 2.75) is 26.3 Å². The highest BCUT2D eigenvalue weighted by Crippen LogP contribution is 2.25. The van der Waals surface area contributed by atoms with Gasteiger partial charge in [0.1, 0.15) is 0 Å². The highest BCUT2D eigenvalue weighted by atomic mass is 35.5. The first-order valence-electron chi connectivity index (χ1n) is 7.39. The maximum Gasteiger partial charge on any atom is 0.236 e. The number of piperazine rings is 1. The van der Waals surface area contributed by atoms with Crippen LogP contribution >= 0.6 is 11.6 Å². The van der Waals surface area contributed by atoms with Crippen LogP contribution in [0.3, 0.4) is 0 Å². The van der Waals surface area contributed by atoms with Gasteiger partial charge in [0.15, 0.2) is 0 Å². The van der Waals surface area contributed by atoms with E-state index in [1.54, 1.807) is 0 Å². The van der Waals surface area contributed by atoms with Gasteiger partial charge in [-0.25, -0.2) is 0 Å². The van der Waals surface area contributed by atoms with E-state index in [0.29, 0.717) is 6.54 Å². The number of halogens is 1. The molecule has 2 rings (SSSR count). The molecule has 0 aromatic heterocycles. The molecule has 1 N–H and O–H groups in total. The van der Waals surface area contributed by atoms with E-state index in [-0.39, 0.29) is 11.4 Å². The third kappa shape index (κ3) is 4.61. The first-order valence-corrected chi connectivity index (χ1v) is 7.77. The lowest BCUT2D eigenvalue weighted by atomic mass is 10.1. The predicted octanol–water partition coefficient (Wildman–Crippen LogP) is 2.38. The Balaban J connectivity index is 1.86. The molecule has 1 fully saturated rings. The Kier molecular flexibility index (Phi) is 5.12. The lowest BCUT2D eigenvalue weighted by molar-refractivity contribution is -0.130. The Morgan fingerprint density at radius 1 is 1.19 bits per heavy atom. The molecule has 0 aliphatic carbocycles. The van der Waals surface area contributed by atoms with Crippen molar-refractivity contribution in [3.8, 4) is 0 Å². The Morgan fingerprint density at radius 3 is 2.38 bits per heavy atom. The highest BCUT2D eigenvalue weighted by molar-refractivity contribution is 6.33. The van der Waals surface area contributed by atoms with Gasteiger partial charge in [-0.3, -0.25) is 4.79 Å². The van der Waals surface area contributed by atoms with Crippen molar-refractivity contribution in [2.24, 2.45) is 0 Å². The molecule has 0 spiro atoms. The minimum Gasteiger partial charge on any atom is -0.367 e. The van der Waals surface area contributed by atoms with Gasteiger partial charge in [0.2, 0.25) is 5.91 Å². The van der Waals surface area contributed by atoms with E-state index >= 15 is 0 Å². The number of anilines is 1. The molecule has 1 aromatic rings. The van der Waals surface area contributed by atoms with Gasteiger partial charge < -0.3 is 15.1 Å². The first-order chi connectivity index (χ1) is 9.87. The van der Waals surface area contributed by atoms with Gasteiger partial charge in [-0.2, -0.15) is 0 Å². The minimum absolute atomic E-state index is 0.0327. The van der Waals surface area contributed by atoms with Gasteiger partial charge in [-0.15, -0.1) is 0 Å². The largest absolute Gasteiger partial charge is 0.367 e. The molecule has 1 heterocycles. The van der Waals surface area contributed by atoms with Crippen LogP contribution < -0.4 is 10.2 Å². The third-order valence-electron chi connectivity index (χ3n) is 3.60. The average Bonchev–Trinajstić information content (AvgIpc) is 2.45. The second-order valence-corrected chi connectivity index (χ2v) is 6.83. The van der Waals surface area contributed by atoms with Crippen molar-refractivity contribution in [1.82, 2.24) is 10.2 Å². The number of amides is 1. The zero-order chi connectivity index (χ0) is 15.5. The molecule has 4 nitrogen and oxygen atoms in total. The number of carbonyl (C=O) groups excluding carboxylic acids is 1. The lowest BCUT2D eigenvalue weighted by Crippen LogP contribution is -2.52. The van der Waals surface area contributed by atoms with E-state index in [9.17, 15) is 4.79 Å². The summed E-state index contributed by atoms with van der Waals surface area (Å²) in [4.78, 5) is 16.3. The fraction of sp³-hybridized carbons (Fsp3) is 0.562. The standard InChI is InChI=1S/C16H24ClN3O/c1-16(2,3)18-12-15(21)20-10-8-19(9-11-20)14-7-5-4-6-13(14)17/h4-7,18H,8-12H2,1-3H3. The summed E-state index contributed by atoms with van der Waals surface area (Å²) in [6, 6.07) is 7.86. The number of rotatable bonds is 3. The topological polar surface area (TPSA) is 35.6 Å². The number of hydrogen-bond acceptors (Lipinski definition) is 3. The summed E-state index contributed by atoms with van der Waals surface area (Å²) in [5.74, 6) is 0.170. The average molecular weight is 310 g/mol. The molecule has 1 aromatic carbocycles. The summed E-state index contributed by atoms with van der Waals surface area (Å²) in [7, 11) is 0. The summed E-state index contributed by atoms with van der Waals surface area (Å²) in [6.45, 7) is 9.73. The predicted molar refractivity (Wildman–Crippen MR) is 88.0 cm³/mol. The SMILES string of the molecule is CC(C)(C)NCC(=O)N1CCN(c2ccccc2Cl)CC1. The highest BCUT2D eigenvalue weighted by Gasteiger charge is 2.23. The molecular formula is C16H24ClN3O. The number of nitrogens with zero attached hydrogens (tertiary/aromatic N) is 2. The summed E-state index contributed by atoms with van der Waals surface area (Å²) in [6.07, 6.45) is 0. The molecule has 1 aliphatic rings. The second-order valence-electron chi connectivity index (χ2n) is 6.42. The van der Waals surface area contributed by atoms with Crippen molar-refractivity contribution < 1.29 is 4.79 Å². The number of para-hydroxylation sites is 1. The van der Waals surface area contributed by atoms with Crippen molar-refractivity contribution in [3.63, 3.8) is 0 Å². The number of hydrogen-bond donors (Lipinski definition) is 1. The zero-order valence-corrected chi connectivity index (χ0v) is 13.8. The molecule has 1 amide bonds. The van der Waals surface area contributed by atoms with E-state index in [1.807, 2.05) is 29.2 Å². The number of benzene rings is 1. The Labute approximate surface area is 132 Å². The van der Waals surface area contributed by atoms with Gasteiger partial charge in [0, 0.05) is 31.7 Å². The first kappa shape index (κ1) is 16.1. The van der Waals surface area contributed by atoms with E-state index in [0.717, 1.165) is 36.9 Å². The van der Waals surface area contributed by atoms with Gasteiger partial charge in [-0.1, -0.05) is 23.7 Å². The van der Waals surface area contributed by atoms with Crippen molar-refractivity contribution >= 4 is 23.2 Å². The molecule has 21 heavy (non-hydrogen) atoms. The van der Waals surface area contributed by atoms with Gasteiger partial charge in [0.05, 0.1) is 17.3 Å². The maximum atomic E-state index is 12.2. The fourth-order valence-electron chi connectivity index (χ4n) is 2.36. The molecule has 0 bridgehead atoms. The monoisotopic (exact) mass is 309 g/mol. The number of nitrogens with one attached hydrogen (secondary N) is 1. The molecule has 0 saturated carbocycles. The Hall–Kier alpha value is -1.26. The van der Waals surface area contributed by atoms with Crippen molar-refractivity contribution in [1.29, 1.82) is 0 Å². The molecule has 0 atom stereocenters. The van der Waals surface area contributed by atoms with Crippen LogP contribution in [0.1, 0.15) is 20.8 Å². The van der Waals surface area contributed by atoms with E-state index in [4.69, 9.17) is 11.6 Å². The molecule has 116 valence electrons. The van der Waals surface area contributed by atoms with Crippen molar-refractivity contribution in [3.05, 3.63) is 29.3 Å². The van der Waals surface area contributed by atoms with Crippen LogP contribution in [0, 0.1) is 0 Å². The van der Waals surface area contributed by atoms with E-state index < -0.39 is 0 Å². The van der Waals surface area contributed by atoms with Gasteiger partial charge in [-0.05, 0) is 32.9 Å². The second kappa shape index (κ2) is 6.67. The minimum atomic E-state index is -0.0327. The van der Waals surface area contributed by atoms with E-state index in [1.165, 1.54) is 0 Å². The Morgan fingerprint density at radius 2 is 1.81 bits per heavy atom. The van der Waals surface area contributed by atoms with Crippen molar-refractivity contribution in [2.75, 3.05) is 37.6 Å². The summed E-state index contributed by atoms with van der Waals surface area (Å²) < 4.78 is 0. The summed E-state index contributed by atoms with van der Waals surface area (Å²) in [5.41, 5.74) is 1.02. The third-order valence-corrected chi connectivity index (χ3v) is 3.92. The normalized spacial score (nSPS) is 16.2. The van der Waals surface area contributed by atoms with Gasteiger partial charge in [0.25, 0.3) is 0 Å². The molecule has 5 heteroatoms. The molecular weight excluding hydrogens is 286 g/mol. The van der Waals surface area contributed by atoms with Crippen LogP contribution in [0.25, 0.3) is 0 Å². The molecule has 1 saturated heterocycles. The van der Waals surface area contributed by atoms with Crippen LogP contribution in [0.2, 0.25) is 5.02 Å². The molecule has 1 aliphatic heterocycles.